The van der Waals surface area contributed by atoms with Crippen LogP contribution in [0.3, 0.4) is 0 Å². The van der Waals surface area contributed by atoms with E-state index >= 15 is 0 Å². The summed E-state index contributed by atoms with van der Waals surface area (Å²) in [6.07, 6.45) is 5.11. The molecule has 2 unspecified atom stereocenters. The quantitative estimate of drug-likeness (QED) is 0.700. The standard InChI is InChI=1S/C10H19NO2/c1-7(9-5-3-4-6-9)11-8(2)10(12)13/h7-9,11H,3-6H2,1-2H3,(H,12,13). The average molecular weight is 185 g/mol. The number of hydrogen-bond acceptors (Lipinski definition) is 2. The molecule has 0 radical (unpaired) electrons. The van der Waals surface area contributed by atoms with Crippen molar-refractivity contribution >= 4 is 5.97 Å². The minimum atomic E-state index is -0.759. The normalized spacial score (nSPS) is 22.9. The van der Waals surface area contributed by atoms with Gasteiger partial charge in [-0.05, 0) is 32.6 Å². The lowest BCUT2D eigenvalue weighted by molar-refractivity contribution is -0.139. The van der Waals surface area contributed by atoms with E-state index in [1.165, 1.54) is 25.7 Å². The van der Waals surface area contributed by atoms with Crippen LogP contribution in [0, 0.1) is 5.92 Å². The molecule has 0 heterocycles. The van der Waals surface area contributed by atoms with Crippen molar-refractivity contribution in [3.63, 3.8) is 0 Å². The SMILES string of the molecule is CC(NC(C)C1CCCC1)C(=O)O. The second-order valence-corrected chi connectivity index (χ2v) is 4.06. The molecule has 0 spiro atoms. The first kappa shape index (κ1) is 10.5. The van der Waals surface area contributed by atoms with Gasteiger partial charge in [0.1, 0.15) is 6.04 Å². The number of rotatable bonds is 4. The summed E-state index contributed by atoms with van der Waals surface area (Å²) >= 11 is 0. The van der Waals surface area contributed by atoms with E-state index in [-0.39, 0.29) is 0 Å². The van der Waals surface area contributed by atoms with Gasteiger partial charge in [-0.3, -0.25) is 4.79 Å². The summed E-state index contributed by atoms with van der Waals surface area (Å²) in [5.41, 5.74) is 0. The monoisotopic (exact) mass is 185 g/mol. The molecule has 13 heavy (non-hydrogen) atoms. The molecule has 76 valence electrons. The van der Waals surface area contributed by atoms with Crippen LogP contribution in [0.5, 0.6) is 0 Å². The topological polar surface area (TPSA) is 49.3 Å². The van der Waals surface area contributed by atoms with E-state index < -0.39 is 12.0 Å². The van der Waals surface area contributed by atoms with Gasteiger partial charge in [0, 0.05) is 6.04 Å². The zero-order valence-electron chi connectivity index (χ0n) is 8.42. The second-order valence-electron chi connectivity index (χ2n) is 4.06. The molecule has 2 N–H and O–H groups in total. The predicted octanol–water partition coefficient (Wildman–Crippen LogP) is 1.63. The van der Waals surface area contributed by atoms with Gasteiger partial charge < -0.3 is 10.4 Å². The smallest absolute Gasteiger partial charge is 0.320 e. The highest BCUT2D eigenvalue weighted by atomic mass is 16.4. The van der Waals surface area contributed by atoms with E-state index in [9.17, 15) is 4.79 Å². The number of carboxylic acids is 1. The lowest BCUT2D eigenvalue weighted by Crippen LogP contribution is -2.42. The molecule has 0 amide bonds. The molecule has 1 aliphatic carbocycles. The number of hydrogen-bond donors (Lipinski definition) is 2. The number of carbonyl (C=O) groups is 1. The molecule has 3 nitrogen and oxygen atoms in total. The molecule has 2 atom stereocenters. The molecular formula is C10H19NO2. The maximum Gasteiger partial charge on any atom is 0.320 e. The molecule has 0 aliphatic heterocycles. The van der Waals surface area contributed by atoms with Crippen LogP contribution in [-0.2, 0) is 4.79 Å². The summed E-state index contributed by atoms with van der Waals surface area (Å²) < 4.78 is 0. The zero-order chi connectivity index (χ0) is 9.84. The average Bonchev–Trinajstić information content (AvgIpc) is 2.55. The summed E-state index contributed by atoms with van der Waals surface area (Å²) in [4.78, 5) is 10.6. The van der Waals surface area contributed by atoms with Crippen molar-refractivity contribution in [2.75, 3.05) is 0 Å². The van der Waals surface area contributed by atoms with Crippen molar-refractivity contribution < 1.29 is 9.90 Å². The highest BCUT2D eigenvalue weighted by Gasteiger charge is 2.23. The zero-order valence-corrected chi connectivity index (χ0v) is 8.42. The van der Waals surface area contributed by atoms with E-state index in [1.54, 1.807) is 6.92 Å². The van der Waals surface area contributed by atoms with Crippen LogP contribution in [-0.4, -0.2) is 23.2 Å². The molecule has 1 fully saturated rings. The van der Waals surface area contributed by atoms with Crippen molar-refractivity contribution in [2.24, 2.45) is 5.92 Å². The Morgan fingerprint density at radius 2 is 1.92 bits per heavy atom. The molecule has 0 bridgehead atoms. The third-order valence-electron chi connectivity index (χ3n) is 2.99. The van der Waals surface area contributed by atoms with Crippen LogP contribution in [0.4, 0.5) is 0 Å². The first-order valence-corrected chi connectivity index (χ1v) is 5.10. The van der Waals surface area contributed by atoms with Crippen LogP contribution >= 0.6 is 0 Å². The van der Waals surface area contributed by atoms with Crippen LogP contribution in [0.25, 0.3) is 0 Å². The van der Waals surface area contributed by atoms with Gasteiger partial charge in [-0.15, -0.1) is 0 Å². The fourth-order valence-electron chi connectivity index (χ4n) is 2.06. The van der Waals surface area contributed by atoms with E-state index in [4.69, 9.17) is 5.11 Å². The molecule has 0 aromatic rings. The summed E-state index contributed by atoms with van der Waals surface area (Å²) in [6.45, 7) is 3.79. The first-order chi connectivity index (χ1) is 6.11. The van der Waals surface area contributed by atoms with Crippen LogP contribution in [0.15, 0.2) is 0 Å². The van der Waals surface area contributed by atoms with Crippen molar-refractivity contribution in [1.82, 2.24) is 5.32 Å². The van der Waals surface area contributed by atoms with Gasteiger partial charge in [0.05, 0.1) is 0 Å². The van der Waals surface area contributed by atoms with E-state index in [2.05, 4.69) is 12.2 Å². The fourth-order valence-corrected chi connectivity index (χ4v) is 2.06. The van der Waals surface area contributed by atoms with E-state index in [0.29, 0.717) is 12.0 Å². The fraction of sp³-hybridized carbons (Fsp3) is 0.900. The summed E-state index contributed by atoms with van der Waals surface area (Å²) in [7, 11) is 0. The third kappa shape index (κ3) is 2.99. The van der Waals surface area contributed by atoms with Crippen molar-refractivity contribution in [3.8, 4) is 0 Å². The van der Waals surface area contributed by atoms with Crippen molar-refractivity contribution in [3.05, 3.63) is 0 Å². The minimum Gasteiger partial charge on any atom is -0.480 e. The van der Waals surface area contributed by atoms with Gasteiger partial charge >= 0.3 is 5.97 Å². The maximum atomic E-state index is 10.6. The Hall–Kier alpha value is -0.570. The molecule has 0 aromatic heterocycles. The van der Waals surface area contributed by atoms with Gasteiger partial charge in [-0.25, -0.2) is 0 Å². The maximum absolute atomic E-state index is 10.6. The van der Waals surface area contributed by atoms with Crippen molar-refractivity contribution in [2.45, 2.75) is 51.6 Å². The molecule has 1 aliphatic rings. The Labute approximate surface area is 79.5 Å². The molecule has 1 saturated carbocycles. The Balaban J connectivity index is 2.30. The molecule has 3 heteroatoms. The molecule has 0 saturated heterocycles. The minimum absolute atomic E-state index is 0.341. The predicted molar refractivity (Wildman–Crippen MR) is 51.7 cm³/mol. The van der Waals surface area contributed by atoms with Crippen LogP contribution in [0.1, 0.15) is 39.5 Å². The Kier molecular flexibility index (Phi) is 3.72. The summed E-state index contributed by atoms with van der Waals surface area (Å²) in [6, 6.07) is -0.0794. The highest BCUT2D eigenvalue weighted by molar-refractivity contribution is 5.72. The number of carboxylic acid groups (broad SMARTS) is 1. The Bertz CT molecular complexity index is 176. The van der Waals surface area contributed by atoms with Gasteiger partial charge in [-0.1, -0.05) is 12.8 Å². The van der Waals surface area contributed by atoms with Crippen LogP contribution < -0.4 is 5.32 Å². The van der Waals surface area contributed by atoms with Crippen molar-refractivity contribution in [1.29, 1.82) is 0 Å². The number of nitrogens with one attached hydrogen (secondary N) is 1. The second kappa shape index (κ2) is 4.61. The van der Waals surface area contributed by atoms with E-state index in [0.717, 1.165) is 0 Å². The van der Waals surface area contributed by atoms with E-state index in [1.807, 2.05) is 0 Å². The highest BCUT2D eigenvalue weighted by Crippen LogP contribution is 2.27. The first-order valence-electron chi connectivity index (χ1n) is 5.10. The largest absolute Gasteiger partial charge is 0.480 e. The lowest BCUT2D eigenvalue weighted by Gasteiger charge is -2.22. The molecular weight excluding hydrogens is 166 g/mol. The Morgan fingerprint density at radius 1 is 1.38 bits per heavy atom. The van der Waals surface area contributed by atoms with Gasteiger partial charge in [0.2, 0.25) is 0 Å². The molecule has 1 rings (SSSR count). The lowest BCUT2D eigenvalue weighted by atomic mass is 9.99. The van der Waals surface area contributed by atoms with Gasteiger partial charge in [0.15, 0.2) is 0 Å². The Morgan fingerprint density at radius 3 is 2.38 bits per heavy atom. The van der Waals surface area contributed by atoms with Crippen LogP contribution in [0.2, 0.25) is 0 Å². The van der Waals surface area contributed by atoms with Gasteiger partial charge in [-0.2, -0.15) is 0 Å². The summed E-state index contributed by atoms with van der Waals surface area (Å²) in [5.74, 6) is -0.0772. The van der Waals surface area contributed by atoms with Gasteiger partial charge in [0.25, 0.3) is 0 Å². The summed E-state index contributed by atoms with van der Waals surface area (Å²) in [5, 5.41) is 11.8. The molecule has 0 aromatic carbocycles. The number of aliphatic carboxylic acids is 1. The third-order valence-corrected chi connectivity index (χ3v) is 2.99.